The fourth-order valence-electron chi connectivity index (χ4n) is 3.64. The number of rotatable bonds is 6. The minimum atomic E-state index is -4.15. The van der Waals surface area contributed by atoms with Crippen LogP contribution in [-0.4, -0.2) is 21.0 Å². The summed E-state index contributed by atoms with van der Waals surface area (Å²) < 4.78 is 52.3. The summed E-state index contributed by atoms with van der Waals surface area (Å²) in [5.74, 6) is -0.164. The SMILES string of the molecule is Cc1ccc(S(=O)(=O)c2c(Nc3ccccc3F)sc(C(=O)c3ccc4c(c3)OCO4)c2N)cc1. The summed E-state index contributed by atoms with van der Waals surface area (Å²) in [6.45, 7) is 1.88. The van der Waals surface area contributed by atoms with Crippen molar-refractivity contribution in [2.45, 2.75) is 16.7 Å². The Bertz CT molecular complexity index is 1560. The first-order chi connectivity index (χ1) is 16.8. The zero-order valence-corrected chi connectivity index (χ0v) is 20.0. The second kappa shape index (κ2) is 8.71. The Morgan fingerprint density at radius 3 is 2.49 bits per heavy atom. The normalized spacial score (nSPS) is 12.5. The molecule has 0 unspecified atom stereocenters. The van der Waals surface area contributed by atoms with Gasteiger partial charge in [0, 0.05) is 5.56 Å². The Balaban J connectivity index is 1.65. The van der Waals surface area contributed by atoms with Gasteiger partial charge in [-0.2, -0.15) is 0 Å². The number of nitrogen functional groups attached to an aromatic ring is 1. The number of nitrogens with two attached hydrogens (primary N) is 1. The number of ether oxygens (including phenoxy) is 2. The van der Waals surface area contributed by atoms with E-state index < -0.39 is 21.4 Å². The molecule has 4 aromatic rings. The first kappa shape index (κ1) is 22.9. The molecule has 3 aromatic carbocycles. The second-order valence-electron chi connectivity index (χ2n) is 7.82. The molecule has 1 aromatic heterocycles. The van der Waals surface area contributed by atoms with Crippen LogP contribution in [-0.2, 0) is 9.84 Å². The lowest BCUT2D eigenvalue weighted by Crippen LogP contribution is -2.08. The van der Waals surface area contributed by atoms with Crippen LogP contribution in [0.3, 0.4) is 0 Å². The topological polar surface area (TPSA) is 108 Å². The summed E-state index contributed by atoms with van der Waals surface area (Å²) in [6.07, 6.45) is 0. The fraction of sp³-hybridized carbons (Fsp3) is 0.0800. The van der Waals surface area contributed by atoms with Crippen molar-refractivity contribution in [1.29, 1.82) is 0 Å². The van der Waals surface area contributed by atoms with Gasteiger partial charge in [0.25, 0.3) is 0 Å². The van der Waals surface area contributed by atoms with Crippen molar-refractivity contribution in [3.63, 3.8) is 0 Å². The van der Waals surface area contributed by atoms with Crippen molar-refractivity contribution in [2.75, 3.05) is 17.8 Å². The molecule has 5 rings (SSSR count). The Morgan fingerprint density at radius 1 is 1.03 bits per heavy atom. The number of anilines is 3. The Kier molecular flexibility index (Phi) is 5.70. The van der Waals surface area contributed by atoms with Gasteiger partial charge in [0.15, 0.2) is 11.5 Å². The largest absolute Gasteiger partial charge is 0.454 e. The lowest BCUT2D eigenvalue weighted by molar-refractivity contribution is 0.104. The van der Waals surface area contributed by atoms with Crippen molar-refractivity contribution in [3.8, 4) is 11.5 Å². The number of aryl methyl sites for hydroxylation is 1. The fourth-order valence-corrected chi connectivity index (χ4v) is 6.56. The molecule has 7 nitrogen and oxygen atoms in total. The number of hydrogen-bond donors (Lipinski definition) is 2. The van der Waals surface area contributed by atoms with Crippen LogP contribution in [0.4, 0.5) is 20.8 Å². The number of thiophene rings is 1. The standard InChI is InChI=1S/C25H19FN2O5S2/c1-14-6-9-16(10-7-14)35(30,31)24-21(27)23(34-25(24)28-18-5-3-2-4-17(18)26)22(29)15-8-11-19-20(12-15)33-13-32-19/h2-12,28H,13,27H2,1H3. The van der Waals surface area contributed by atoms with Gasteiger partial charge >= 0.3 is 0 Å². The van der Waals surface area contributed by atoms with E-state index in [1.165, 1.54) is 36.4 Å². The van der Waals surface area contributed by atoms with Gasteiger partial charge in [0.05, 0.1) is 16.3 Å². The van der Waals surface area contributed by atoms with Gasteiger partial charge in [0.2, 0.25) is 22.4 Å². The first-order valence-electron chi connectivity index (χ1n) is 10.5. The third kappa shape index (κ3) is 4.11. The lowest BCUT2D eigenvalue weighted by Gasteiger charge is -2.10. The molecule has 3 N–H and O–H groups in total. The molecule has 178 valence electrons. The molecule has 10 heteroatoms. The van der Waals surface area contributed by atoms with E-state index in [1.807, 2.05) is 6.92 Å². The molecule has 1 aliphatic heterocycles. The lowest BCUT2D eigenvalue weighted by atomic mass is 10.1. The van der Waals surface area contributed by atoms with Crippen LogP contribution in [0.25, 0.3) is 0 Å². The Morgan fingerprint density at radius 2 is 1.74 bits per heavy atom. The van der Waals surface area contributed by atoms with E-state index in [0.717, 1.165) is 16.9 Å². The zero-order valence-electron chi connectivity index (χ0n) is 18.4. The Hall–Kier alpha value is -3.89. The number of nitrogens with one attached hydrogen (secondary N) is 1. The van der Waals surface area contributed by atoms with Gasteiger partial charge < -0.3 is 20.5 Å². The van der Waals surface area contributed by atoms with Crippen LogP contribution in [0.15, 0.2) is 76.5 Å². The van der Waals surface area contributed by atoms with Crippen molar-refractivity contribution in [3.05, 3.63) is 88.6 Å². The first-order valence-corrected chi connectivity index (χ1v) is 12.8. The molecule has 35 heavy (non-hydrogen) atoms. The number of halogens is 1. The van der Waals surface area contributed by atoms with Gasteiger partial charge in [-0.1, -0.05) is 29.8 Å². The average Bonchev–Trinajstić information content (AvgIpc) is 3.44. The summed E-state index contributed by atoms with van der Waals surface area (Å²) in [6, 6.07) is 16.8. The van der Waals surface area contributed by atoms with Gasteiger partial charge in [0.1, 0.15) is 20.6 Å². The second-order valence-corrected chi connectivity index (χ2v) is 10.7. The van der Waals surface area contributed by atoms with Gasteiger partial charge in [-0.05, 0) is 49.4 Å². The summed E-state index contributed by atoms with van der Waals surface area (Å²) >= 11 is 0.847. The maximum Gasteiger partial charge on any atom is 0.231 e. The number of sulfone groups is 1. The number of fused-ring (bicyclic) bond motifs is 1. The van der Waals surface area contributed by atoms with Crippen molar-refractivity contribution < 1.29 is 27.1 Å². The quantitative estimate of drug-likeness (QED) is 0.338. The van der Waals surface area contributed by atoms with E-state index >= 15 is 0 Å². The predicted molar refractivity (Wildman–Crippen MR) is 131 cm³/mol. The summed E-state index contributed by atoms with van der Waals surface area (Å²) in [5.41, 5.74) is 7.29. The third-order valence-corrected chi connectivity index (χ3v) is 8.57. The highest BCUT2D eigenvalue weighted by molar-refractivity contribution is 7.92. The van der Waals surface area contributed by atoms with E-state index in [9.17, 15) is 17.6 Å². The van der Waals surface area contributed by atoms with E-state index in [4.69, 9.17) is 15.2 Å². The minimum Gasteiger partial charge on any atom is -0.454 e. The monoisotopic (exact) mass is 510 g/mol. The molecule has 1 aliphatic rings. The number of carbonyl (C=O) groups excluding carboxylic acids is 1. The summed E-state index contributed by atoms with van der Waals surface area (Å²) in [4.78, 5) is 13.1. The molecule has 0 saturated carbocycles. The highest BCUT2D eigenvalue weighted by Gasteiger charge is 2.32. The molecule has 0 atom stereocenters. The van der Waals surface area contributed by atoms with E-state index in [-0.39, 0.29) is 43.4 Å². The molecule has 0 bridgehead atoms. The molecular weight excluding hydrogens is 491 g/mol. The number of para-hydroxylation sites is 1. The van der Waals surface area contributed by atoms with Crippen molar-refractivity contribution in [2.24, 2.45) is 0 Å². The van der Waals surface area contributed by atoms with Gasteiger partial charge in [-0.15, -0.1) is 11.3 Å². The molecule has 0 amide bonds. The van der Waals surface area contributed by atoms with Crippen LogP contribution in [0.2, 0.25) is 0 Å². The molecule has 0 aliphatic carbocycles. The maximum absolute atomic E-state index is 14.4. The third-order valence-electron chi connectivity index (χ3n) is 5.46. The van der Waals surface area contributed by atoms with E-state index in [0.29, 0.717) is 11.5 Å². The van der Waals surface area contributed by atoms with Crippen LogP contribution in [0.1, 0.15) is 20.8 Å². The van der Waals surface area contributed by atoms with Crippen LogP contribution in [0.5, 0.6) is 11.5 Å². The van der Waals surface area contributed by atoms with E-state index in [1.54, 1.807) is 30.3 Å². The number of hydrogen-bond acceptors (Lipinski definition) is 8. The van der Waals surface area contributed by atoms with Crippen LogP contribution < -0.4 is 20.5 Å². The molecule has 0 saturated heterocycles. The van der Waals surface area contributed by atoms with E-state index in [2.05, 4.69) is 5.32 Å². The molecule has 0 spiro atoms. The number of carbonyl (C=O) groups is 1. The van der Waals surface area contributed by atoms with Crippen LogP contribution in [0, 0.1) is 12.7 Å². The zero-order chi connectivity index (χ0) is 24.7. The van der Waals surface area contributed by atoms with Crippen molar-refractivity contribution in [1.82, 2.24) is 0 Å². The van der Waals surface area contributed by atoms with Gasteiger partial charge in [-0.3, -0.25) is 4.79 Å². The highest BCUT2D eigenvalue weighted by Crippen LogP contribution is 2.45. The number of benzene rings is 3. The highest BCUT2D eigenvalue weighted by atomic mass is 32.2. The molecule has 0 radical (unpaired) electrons. The van der Waals surface area contributed by atoms with Crippen molar-refractivity contribution >= 4 is 43.3 Å². The Labute approximate surface area is 204 Å². The minimum absolute atomic E-state index is 0.00580. The maximum atomic E-state index is 14.4. The predicted octanol–water partition coefficient (Wildman–Crippen LogP) is 5.31. The summed E-state index contributed by atoms with van der Waals surface area (Å²) in [7, 11) is -4.15. The molecular formula is C25H19FN2O5S2. The van der Waals surface area contributed by atoms with Gasteiger partial charge in [-0.25, -0.2) is 12.8 Å². The number of ketones is 1. The molecule has 0 fully saturated rings. The smallest absolute Gasteiger partial charge is 0.231 e. The molecule has 2 heterocycles. The summed E-state index contributed by atoms with van der Waals surface area (Å²) in [5, 5.41) is 2.86. The average molecular weight is 511 g/mol. The van der Waals surface area contributed by atoms with Crippen LogP contribution >= 0.6 is 11.3 Å².